The molecular formula is C8H6ClN3S2. The molecule has 0 saturated carbocycles. The van der Waals surface area contributed by atoms with Gasteiger partial charge < -0.3 is 0 Å². The minimum Gasteiger partial charge on any atom is -0.272 e. The maximum absolute atomic E-state index is 5.77. The second-order valence-electron chi connectivity index (χ2n) is 2.51. The molecule has 0 saturated heterocycles. The second kappa shape index (κ2) is 4.27. The molecule has 0 radical (unpaired) electrons. The SMILES string of the molecule is NSc1nc(-c2ccc(Cl)cc2)ns1. The van der Waals surface area contributed by atoms with Crippen LogP contribution in [0.25, 0.3) is 11.4 Å². The smallest absolute Gasteiger partial charge is 0.185 e. The topological polar surface area (TPSA) is 51.8 Å². The van der Waals surface area contributed by atoms with Crippen LogP contribution in [0.2, 0.25) is 5.02 Å². The van der Waals surface area contributed by atoms with Crippen molar-refractivity contribution in [1.29, 1.82) is 0 Å². The minimum absolute atomic E-state index is 0.694. The molecule has 0 aliphatic carbocycles. The predicted octanol–water partition coefficient (Wildman–Crippen LogP) is 2.82. The highest BCUT2D eigenvalue weighted by Gasteiger charge is 2.05. The van der Waals surface area contributed by atoms with E-state index >= 15 is 0 Å². The summed E-state index contributed by atoms with van der Waals surface area (Å²) >= 11 is 8.17. The van der Waals surface area contributed by atoms with Crippen LogP contribution in [0, 0.1) is 0 Å². The number of nitrogens with zero attached hydrogens (tertiary/aromatic N) is 2. The molecule has 1 aromatic carbocycles. The highest BCUT2D eigenvalue weighted by atomic mass is 35.5. The fourth-order valence-corrected chi connectivity index (χ4v) is 1.96. The zero-order valence-electron chi connectivity index (χ0n) is 6.98. The number of aromatic nitrogens is 2. The van der Waals surface area contributed by atoms with E-state index in [0.29, 0.717) is 10.8 Å². The Morgan fingerprint density at radius 3 is 2.57 bits per heavy atom. The highest BCUT2D eigenvalue weighted by molar-refractivity contribution is 7.98. The summed E-state index contributed by atoms with van der Waals surface area (Å²) in [7, 11) is 0. The molecule has 0 bridgehead atoms. The average molecular weight is 244 g/mol. The van der Waals surface area contributed by atoms with Crippen LogP contribution in [0.4, 0.5) is 0 Å². The molecule has 0 fully saturated rings. The molecule has 0 aliphatic heterocycles. The summed E-state index contributed by atoms with van der Waals surface area (Å²) in [5.41, 5.74) is 0.950. The third-order valence-corrected chi connectivity index (χ3v) is 3.18. The van der Waals surface area contributed by atoms with Gasteiger partial charge in [0.15, 0.2) is 10.2 Å². The van der Waals surface area contributed by atoms with Gasteiger partial charge in [0.1, 0.15) is 0 Å². The van der Waals surface area contributed by atoms with Crippen LogP contribution in [0.15, 0.2) is 28.6 Å². The third-order valence-electron chi connectivity index (χ3n) is 1.61. The lowest BCUT2D eigenvalue weighted by Crippen LogP contribution is -1.81. The van der Waals surface area contributed by atoms with Crippen molar-refractivity contribution in [3.05, 3.63) is 29.3 Å². The van der Waals surface area contributed by atoms with Crippen LogP contribution < -0.4 is 5.14 Å². The van der Waals surface area contributed by atoms with Gasteiger partial charge in [-0.25, -0.2) is 4.98 Å². The zero-order chi connectivity index (χ0) is 9.97. The Labute approximate surface area is 94.6 Å². The maximum Gasteiger partial charge on any atom is 0.185 e. The first-order valence-electron chi connectivity index (χ1n) is 3.76. The lowest BCUT2D eigenvalue weighted by atomic mass is 10.2. The van der Waals surface area contributed by atoms with E-state index in [4.69, 9.17) is 16.7 Å². The molecule has 1 heterocycles. The standard InChI is InChI=1S/C8H6ClN3S2/c9-6-3-1-5(2-4-6)7-11-8(13-10)14-12-7/h1-4H,10H2. The van der Waals surface area contributed by atoms with Gasteiger partial charge in [-0.15, -0.1) is 0 Å². The van der Waals surface area contributed by atoms with E-state index < -0.39 is 0 Å². The fraction of sp³-hybridized carbons (Fsp3) is 0. The summed E-state index contributed by atoms with van der Waals surface area (Å²) in [6.45, 7) is 0. The molecule has 0 unspecified atom stereocenters. The largest absolute Gasteiger partial charge is 0.272 e. The van der Waals surface area contributed by atoms with Crippen LogP contribution in [0.3, 0.4) is 0 Å². The quantitative estimate of drug-likeness (QED) is 0.825. The molecule has 2 N–H and O–H groups in total. The van der Waals surface area contributed by atoms with Gasteiger partial charge in [-0.2, -0.15) is 4.37 Å². The van der Waals surface area contributed by atoms with E-state index in [9.17, 15) is 0 Å². The summed E-state index contributed by atoms with van der Waals surface area (Å²) in [4.78, 5) is 4.23. The molecule has 1 aromatic heterocycles. The summed E-state index contributed by atoms with van der Waals surface area (Å²) in [6, 6.07) is 7.39. The van der Waals surface area contributed by atoms with Gasteiger partial charge in [-0.05, 0) is 47.7 Å². The van der Waals surface area contributed by atoms with Gasteiger partial charge >= 0.3 is 0 Å². The van der Waals surface area contributed by atoms with Gasteiger partial charge in [-0.1, -0.05) is 11.6 Å². The minimum atomic E-state index is 0.694. The van der Waals surface area contributed by atoms with E-state index in [2.05, 4.69) is 9.36 Å². The Kier molecular flexibility index (Phi) is 3.02. The van der Waals surface area contributed by atoms with Crippen molar-refractivity contribution >= 4 is 35.1 Å². The van der Waals surface area contributed by atoms with Crippen molar-refractivity contribution in [2.24, 2.45) is 5.14 Å². The van der Waals surface area contributed by atoms with Crippen molar-refractivity contribution in [3.8, 4) is 11.4 Å². The van der Waals surface area contributed by atoms with Crippen molar-refractivity contribution in [2.45, 2.75) is 4.34 Å². The Morgan fingerprint density at radius 2 is 2.00 bits per heavy atom. The van der Waals surface area contributed by atoms with E-state index in [0.717, 1.165) is 21.9 Å². The molecule has 0 amide bonds. The molecule has 6 heteroatoms. The molecule has 0 atom stereocenters. The highest BCUT2D eigenvalue weighted by Crippen LogP contribution is 2.23. The monoisotopic (exact) mass is 243 g/mol. The van der Waals surface area contributed by atoms with Gasteiger partial charge in [0.05, 0.1) is 0 Å². The van der Waals surface area contributed by atoms with Gasteiger partial charge in [0, 0.05) is 10.6 Å². The number of hydrogen-bond acceptors (Lipinski definition) is 5. The second-order valence-corrected chi connectivity index (χ2v) is 4.58. The first-order valence-corrected chi connectivity index (χ1v) is 5.79. The van der Waals surface area contributed by atoms with E-state index in [1.807, 2.05) is 24.3 Å². The van der Waals surface area contributed by atoms with Crippen LogP contribution in [0.5, 0.6) is 0 Å². The van der Waals surface area contributed by atoms with E-state index in [1.54, 1.807) is 0 Å². The molecule has 14 heavy (non-hydrogen) atoms. The van der Waals surface area contributed by atoms with E-state index in [1.165, 1.54) is 11.5 Å². The van der Waals surface area contributed by atoms with Crippen LogP contribution in [-0.4, -0.2) is 9.36 Å². The molecule has 2 rings (SSSR count). The van der Waals surface area contributed by atoms with Crippen molar-refractivity contribution in [2.75, 3.05) is 0 Å². The summed E-state index contributed by atoms with van der Waals surface area (Å²) < 4.78 is 4.93. The van der Waals surface area contributed by atoms with Crippen LogP contribution in [-0.2, 0) is 0 Å². The predicted molar refractivity (Wildman–Crippen MR) is 60.4 cm³/mol. The number of halogens is 1. The third kappa shape index (κ3) is 2.06. The summed E-state index contributed by atoms with van der Waals surface area (Å²) in [5, 5.41) is 6.07. The molecule has 3 nitrogen and oxygen atoms in total. The van der Waals surface area contributed by atoms with Crippen molar-refractivity contribution < 1.29 is 0 Å². The Balaban J connectivity index is 2.34. The molecule has 0 aliphatic rings. The Morgan fingerprint density at radius 1 is 1.29 bits per heavy atom. The molecule has 0 spiro atoms. The van der Waals surface area contributed by atoms with Gasteiger partial charge in [0.25, 0.3) is 0 Å². The molecule has 2 aromatic rings. The molecular weight excluding hydrogens is 238 g/mol. The van der Waals surface area contributed by atoms with Crippen LogP contribution >= 0.6 is 35.1 Å². The first kappa shape index (κ1) is 9.92. The van der Waals surface area contributed by atoms with Crippen molar-refractivity contribution in [1.82, 2.24) is 9.36 Å². The van der Waals surface area contributed by atoms with Gasteiger partial charge in [0.2, 0.25) is 0 Å². The van der Waals surface area contributed by atoms with Crippen LogP contribution in [0.1, 0.15) is 0 Å². The normalized spacial score (nSPS) is 10.4. The zero-order valence-corrected chi connectivity index (χ0v) is 9.36. The fourth-order valence-electron chi connectivity index (χ4n) is 0.974. The maximum atomic E-state index is 5.77. The number of hydrogen-bond donors (Lipinski definition) is 1. The van der Waals surface area contributed by atoms with E-state index in [-0.39, 0.29) is 0 Å². The lowest BCUT2D eigenvalue weighted by Gasteiger charge is -1.93. The average Bonchev–Trinajstić information content (AvgIpc) is 2.67. The summed E-state index contributed by atoms with van der Waals surface area (Å²) in [5.74, 6) is 0.694. The van der Waals surface area contributed by atoms with Crippen molar-refractivity contribution in [3.63, 3.8) is 0 Å². The lowest BCUT2D eigenvalue weighted by molar-refractivity contribution is 1.22. The summed E-state index contributed by atoms with van der Waals surface area (Å²) in [6.07, 6.45) is 0. The number of nitrogens with two attached hydrogens (primary N) is 1. The number of rotatable bonds is 2. The Hall–Kier alpha value is -0.620. The molecule has 72 valence electrons. The Bertz CT molecular complexity index is 426. The van der Waals surface area contributed by atoms with Gasteiger partial charge in [-0.3, -0.25) is 5.14 Å². The number of benzene rings is 1. The first-order chi connectivity index (χ1) is 6.79.